The quantitative estimate of drug-likeness (QED) is 0.813. The Balaban J connectivity index is 2.42. The molecular weight excluding hydrogens is 232 g/mol. The fourth-order valence-electron chi connectivity index (χ4n) is 3.10. The molecule has 0 aromatic rings. The SMILES string of the molecule is CCNC(CCN1CCCC(C)(C)CC1)C(C)(C)C. The monoisotopic (exact) mass is 268 g/mol. The zero-order chi connectivity index (χ0) is 14.5. The zero-order valence-corrected chi connectivity index (χ0v) is 14.2. The Kier molecular flexibility index (Phi) is 6.32. The van der Waals surface area contributed by atoms with Crippen molar-refractivity contribution in [3.63, 3.8) is 0 Å². The largest absolute Gasteiger partial charge is 0.314 e. The predicted molar refractivity (Wildman–Crippen MR) is 85.6 cm³/mol. The molecule has 0 spiro atoms. The van der Waals surface area contributed by atoms with Gasteiger partial charge in [0.1, 0.15) is 0 Å². The van der Waals surface area contributed by atoms with Crippen LogP contribution >= 0.6 is 0 Å². The molecule has 0 aliphatic carbocycles. The maximum absolute atomic E-state index is 3.67. The van der Waals surface area contributed by atoms with E-state index >= 15 is 0 Å². The van der Waals surface area contributed by atoms with E-state index in [9.17, 15) is 0 Å². The van der Waals surface area contributed by atoms with E-state index in [2.05, 4.69) is 51.8 Å². The summed E-state index contributed by atoms with van der Waals surface area (Å²) < 4.78 is 0. The van der Waals surface area contributed by atoms with E-state index in [1.54, 1.807) is 0 Å². The van der Waals surface area contributed by atoms with Crippen molar-refractivity contribution >= 4 is 0 Å². The molecule has 0 saturated carbocycles. The summed E-state index contributed by atoms with van der Waals surface area (Å²) in [7, 11) is 0. The third-order valence-corrected chi connectivity index (χ3v) is 4.66. The second-order valence-electron chi connectivity index (χ2n) is 8.12. The van der Waals surface area contributed by atoms with Gasteiger partial charge in [-0.1, -0.05) is 41.5 Å². The molecule has 1 atom stereocenters. The molecular formula is C17H36N2. The lowest BCUT2D eigenvalue weighted by molar-refractivity contribution is 0.204. The van der Waals surface area contributed by atoms with Crippen molar-refractivity contribution in [1.82, 2.24) is 10.2 Å². The molecule has 1 aliphatic heterocycles. The number of hydrogen-bond donors (Lipinski definition) is 1. The number of hydrogen-bond acceptors (Lipinski definition) is 2. The highest BCUT2D eigenvalue weighted by atomic mass is 15.1. The molecule has 19 heavy (non-hydrogen) atoms. The molecule has 1 unspecified atom stereocenters. The Morgan fingerprint density at radius 1 is 1.16 bits per heavy atom. The second kappa shape index (κ2) is 7.08. The molecule has 0 aromatic heterocycles. The predicted octanol–water partition coefficient (Wildman–Crippen LogP) is 3.91. The van der Waals surface area contributed by atoms with Crippen molar-refractivity contribution < 1.29 is 0 Å². The second-order valence-corrected chi connectivity index (χ2v) is 8.12. The molecule has 1 aliphatic rings. The molecule has 0 bridgehead atoms. The van der Waals surface area contributed by atoms with E-state index < -0.39 is 0 Å². The highest BCUT2D eigenvalue weighted by Gasteiger charge is 2.26. The van der Waals surface area contributed by atoms with Gasteiger partial charge in [-0.25, -0.2) is 0 Å². The number of rotatable bonds is 5. The maximum atomic E-state index is 3.67. The van der Waals surface area contributed by atoms with Crippen molar-refractivity contribution in [3.05, 3.63) is 0 Å². The third kappa shape index (κ3) is 6.27. The standard InChI is InChI=1S/C17H36N2/c1-7-18-15(16(2,3)4)9-13-19-12-8-10-17(5,6)11-14-19/h15,18H,7-14H2,1-6H3. The number of nitrogens with zero attached hydrogens (tertiary/aromatic N) is 1. The summed E-state index contributed by atoms with van der Waals surface area (Å²) in [5.41, 5.74) is 0.918. The Hall–Kier alpha value is -0.0800. The molecule has 1 fully saturated rings. The lowest BCUT2D eigenvalue weighted by atomic mass is 9.84. The topological polar surface area (TPSA) is 15.3 Å². The summed E-state index contributed by atoms with van der Waals surface area (Å²) in [4.78, 5) is 2.69. The van der Waals surface area contributed by atoms with Crippen LogP contribution in [-0.2, 0) is 0 Å². The zero-order valence-electron chi connectivity index (χ0n) is 14.2. The van der Waals surface area contributed by atoms with Crippen LogP contribution in [0.1, 0.15) is 67.2 Å². The lowest BCUT2D eigenvalue weighted by Gasteiger charge is -2.33. The molecule has 2 heteroatoms. The summed E-state index contributed by atoms with van der Waals surface area (Å²) in [6.45, 7) is 19.0. The van der Waals surface area contributed by atoms with Crippen LogP contribution in [0.2, 0.25) is 0 Å². The first-order valence-electron chi connectivity index (χ1n) is 8.20. The normalized spacial score (nSPS) is 23.1. The van der Waals surface area contributed by atoms with Gasteiger partial charge in [0, 0.05) is 6.04 Å². The molecule has 1 heterocycles. The fraction of sp³-hybridized carbons (Fsp3) is 1.00. The van der Waals surface area contributed by atoms with Crippen LogP contribution < -0.4 is 5.32 Å². The minimum Gasteiger partial charge on any atom is -0.314 e. The van der Waals surface area contributed by atoms with Gasteiger partial charge in [-0.15, -0.1) is 0 Å². The molecule has 2 nitrogen and oxygen atoms in total. The third-order valence-electron chi connectivity index (χ3n) is 4.66. The van der Waals surface area contributed by atoms with Crippen molar-refractivity contribution in [3.8, 4) is 0 Å². The van der Waals surface area contributed by atoms with Crippen LogP contribution in [0.15, 0.2) is 0 Å². The molecule has 114 valence electrons. The van der Waals surface area contributed by atoms with Gasteiger partial charge in [-0.2, -0.15) is 0 Å². The summed E-state index contributed by atoms with van der Waals surface area (Å²) in [6.07, 6.45) is 5.39. The van der Waals surface area contributed by atoms with Gasteiger partial charge in [-0.05, 0) is 62.7 Å². The first-order valence-corrected chi connectivity index (χ1v) is 8.20. The van der Waals surface area contributed by atoms with Gasteiger partial charge in [0.15, 0.2) is 0 Å². The Morgan fingerprint density at radius 3 is 2.42 bits per heavy atom. The van der Waals surface area contributed by atoms with Crippen LogP contribution in [0.4, 0.5) is 0 Å². The van der Waals surface area contributed by atoms with Crippen LogP contribution in [0.3, 0.4) is 0 Å². The summed E-state index contributed by atoms with van der Waals surface area (Å²) in [5, 5.41) is 3.67. The summed E-state index contributed by atoms with van der Waals surface area (Å²) >= 11 is 0. The number of likely N-dealkylation sites (tertiary alicyclic amines) is 1. The van der Waals surface area contributed by atoms with Crippen LogP contribution in [-0.4, -0.2) is 37.1 Å². The van der Waals surface area contributed by atoms with E-state index in [-0.39, 0.29) is 0 Å². The molecule has 1 rings (SSSR count). The Labute approximate surface area is 121 Å². The highest BCUT2D eigenvalue weighted by Crippen LogP contribution is 2.30. The summed E-state index contributed by atoms with van der Waals surface area (Å²) in [6, 6.07) is 0.633. The van der Waals surface area contributed by atoms with E-state index in [4.69, 9.17) is 0 Å². The minimum atomic E-state index is 0.362. The van der Waals surface area contributed by atoms with Gasteiger partial charge >= 0.3 is 0 Å². The highest BCUT2D eigenvalue weighted by molar-refractivity contribution is 4.82. The van der Waals surface area contributed by atoms with Gasteiger partial charge in [0.25, 0.3) is 0 Å². The number of nitrogens with one attached hydrogen (secondary N) is 1. The van der Waals surface area contributed by atoms with Crippen molar-refractivity contribution in [2.75, 3.05) is 26.2 Å². The molecule has 1 N–H and O–H groups in total. The van der Waals surface area contributed by atoms with Crippen molar-refractivity contribution in [2.24, 2.45) is 10.8 Å². The summed E-state index contributed by atoms with van der Waals surface area (Å²) in [5.74, 6) is 0. The van der Waals surface area contributed by atoms with Crippen molar-refractivity contribution in [2.45, 2.75) is 73.3 Å². The Morgan fingerprint density at radius 2 is 1.84 bits per heavy atom. The van der Waals surface area contributed by atoms with Crippen LogP contribution in [0, 0.1) is 10.8 Å². The van der Waals surface area contributed by atoms with E-state index in [1.165, 1.54) is 45.3 Å². The first kappa shape index (κ1) is 17.0. The lowest BCUT2D eigenvalue weighted by Crippen LogP contribution is -2.43. The molecule has 0 amide bonds. The van der Waals surface area contributed by atoms with E-state index in [0.29, 0.717) is 16.9 Å². The van der Waals surface area contributed by atoms with Gasteiger partial charge in [0.05, 0.1) is 0 Å². The molecule has 1 saturated heterocycles. The van der Waals surface area contributed by atoms with E-state index in [1.807, 2.05) is 0 Å². The van der Waals surface area contributed by atoms with E-state index in [0.717, 1.165) is 6.54 Å². The average Bonchev–Trinajstić information content (AvgIpc) is 2.44. The Bertz CT molecular complexity index is 252. The molecule has 0 aromatic carbocycles. The first-order chi connectivity index (χ1) is 8.74. The van der Waals surface area contributed by atoms with Crippen molar-refractivity contribution in [1.29, 1.82) is 0 Å². The minimum absolute atomic E-state index is 0.362. The van der Waals surface area contributed by atoms with Crippen LogP contribution in [0.25, 0.3) is 0 Å². The van der Waals surface area contributed by atoms with Gasteiger partial charge in [-0.3, -0.25) is 0 Å². The average molecular weight is 268 g/mol. The maximum Gasteiger partial charge on any atom is 0.0128 e. The van der Waals surface area contributed by atoms with Gasteiger partial charge in [0.2, 0.25) is 0 Å². The van der Waals surface area contributed by atoms with Gasteiger partial charge < -0.3 is 10.2 Å². The molecule has 0 radical (unpaired) electrons. The fourth-order valence-corrected chi connectivity index (χ4v) is 3.10. The smallest absolute Gasteiger partial charge is 0.0128 e. The van der Waals surface area contributed by atoms with Crippen LogP contribution in [0.5, 0.6) is 0 Å².